The normalized spacial score (nSPS) is 20.7. The van der Waals surface area contributed by atoms with Gasteiger partial charge in [-0.1, -0.05) is 37.1 Å². The number of anilines is 2. The second-order valence-electron chi connectivity index (χ2n) is 9.93. The van der Waals surface area contributed by atoms with Gasteiger partial charge in [-0.3, -0.25) is 4.98 Å². The van der Waals surface area contributed by atoms with Crippen LogP contribution in [0.15, 0.2) is 54.5 Å². The molecule has 0 amide bonds. The number of benzene rings is 2. The summed E-state index contributed by atoms with van der Waals surface area (Å²) >= 11 is 6.64. The van der Waals surface area contributed by atoms with Crippen LogP contribution in [0.25, 0.3) is 10.9 Å². The van der Waals surface area contributed by atoms with Crippen LogP contribution in [-0.4, -0.2) is 22.2 Å². The third kappa shape index (κ3) is 5.29. The molecular formula is C28H30ClFN6O. The van der Waals surface area contributed by atoms with E-state index in [2.05, 4.69) is 33.9 Å². The number of nitrogens with zero attached hydrogens (tertiary/aromatic N) is 2. The first kappa shape index (κ1) is 25.1. The molecule has 37 heavy (non-hydrogen) atoms. The lowest BCUT2D eigenvalue weighted by atomic mass is 9.98. The van der Waals surface area contributed by atoms with Crippen LogP contribution in [-0.2, 0) is 5.72 Å². The monoisotopic (exact) mass is 520 g/mol. The fourth-order valence-electron chi connectivity index (χ4n) is 4.64. The molecule has 192 valence electrons. The van der Waals surface area contributed by atoms with Crippen molar-refractivity contribution in [3.8, 4) is 6.07 Å². The summed E-state index contributed by atoms with van der Waals surface area (Å²) in [6, 6.07) is 11.8. The molecule has 7 nitrogen and oxygen atoms in total. The van der Waals surface area contributed by atoms with E-state index in [9.17, 15) is 14.8 Å². The second kappa shape index (κ2) is 10.1. The van der Waals surface area contributed by atoms with Crippen molar-refractivity contribution in [1.82, 2.24) is 10.3 Å². The Morgan fingerprint density at radius 1 is 1.32 bits per heavy atom. The standard InChI is InChI=1S/C28H30ClFN6O/c1-2-3-16-10-24(16)35-26-17(13-31)14-34-27-22(26)11-21(12-23(27)29)36-28(37,18-4-6-19(30)7-5-18)25(32)15-33-20-8-9-20/h4-7,11-12,14-16,20,24,33,36-37H,2-3,8-10,32H2,1H3,(H,34,35)/b25-15-/t16-,24?,28?/m0/s1. The molecule has 2 aliphatic carbocycles. The minimum atomic E-state index is -1.86. The molecule has 2 saturated carbocycles. The summed E-state index contributed by atoms with van der Waals surface area (Å²) in [5.74, 6) is 0.148. The highest BCUT2D eigenvalue weighted by atomic mass is 35.5. The van der Waals surface area contributed by atoms with Crippen LogP contribution < -0.4 is 21.7 Å². The molecule has 1 aromatic heterocycles. The molecule has 2 aromatic carbocycles. The van der Waals surface area contributed by atoms with Gasteiger partial charge in [0.2, 0.25) is 5.72 Å². The Hall–Kier alpha value is -3.54. The Bertz CT molecular complexity index is 1380. The zero-order valence-corrected chi connectivity index (χ0v) is 21.3. The van der Waals surface area contributed by atoms with Crippen molar-refractivity contribution in [3.05, 3.63) is 76.5 Å². The lowest BCUT2D eigenvalue weighted by Gasteiger charge is -2.32. The SMILES string of the molecule is CCC[C@H]1CC1Nc1c(C#N)cnc2c(Cl)cc(NC(O)(/C(N)=C/NC3CC3)c3ccc(F)cc3)cc12. The van der Waals surface area contributed by atoms with Gasteiger partial charge in [-0.05, 0) is 55.9 Å². The fourth-order valence-corrected chi connectivity index (χ4v) is 4.91. The van der Waals surface area contributed by atoms with Crippen LogP contribution >= 0.6 is 11.6 Å². The van der Waals surface area contributed by atoms with Crippen molar-refractivity contribution >= 4 is 33.9 Å². The van der Waals surface area contributed by atoms with E-state index in [0.29, 0.717) is 50.4 Å². The minimum Gasteiger partial charge on any atom is -0.397 e. The van der Waals surface area contributed by atoms with Crippen molar-refractivity contribution in [2.24, 2.45) is 11.7 Å². The van der Waals surface area contributed by atoms with E-state index in [1.807, 2.05) is 0 Å². The number of nitrogens with one attached hydrogen (secondary N) is 3. The smallest absolute Gasteiger partial charge is 0.205 e. The molecule has 9 heteroatoms. The lowest BCUT2D eigenvalue weighted by Crippen LogP contribution is -2.41. The first-order chi connectivity index (χ1) is 17.8. The highest BCUT2D eigenvalue weighted by molar-refractivity contribution is 6.35. The maximum Gasteiger partial charge on any atom is 0.205 e. The molecule has 0 spiro atoms. The topological polar surface area (TPSA) is 119 Å². The van der Waals surface area contributed by atoms with Crippen molar-refractivity contribution in [1.29, 1.82) is 5.26 Å². The maximum atomic E-state index is 13.7. The minimum absolute atomic E-state index is 0.116. The summed E-state index contributed by atoms with van der Waals surface area (Å²) < 4.78 is 13.7. The average molecular weight is 521 g/mol. The molecular weight excluding hydrogens is 491 g/mol. The third-order valence-corrected chi connectivity index (χ3v) is 7.30. The molecule has 2 aliphatic rings. The van der Waals surface area contributed by atoms with Gasteiger partial charge < -0.3 is 26.8 Å². The predicted molar refractivity (Wildman–Crippen MR) is 144 cm³/mol. The van der Waals surface area contributed by atoms with Crippen LogP contribution in [0.2, 0.25) is 5.02 Å². The van der Waals surface area contributed by atoms with E-state index >= 15 is 0 Å². The summed E-state index contributed by atoms with van der Waals surface area (Å²) in [6.07, 6.45) is 8.47. The largest absolute Gasteiger partial charge is 0.397 e. The van der Waals surface area contributed by atoms with Crippen LogP contribution in [0.4, 0.5) is 15.8 Å². The number of hydrogen-bond acceptors (Lipinski definition) is 7. The Balaban J connectivity index is 1.55. The van der Waals surface area contributed by atoms with Crippen LogP contribution in [0.1, 0.15) is 50.2 Å². The van der Waals surface area contributed by atoms with Crippen molar-refractivity contribution < 1.29 is 9.50 Å². The van der Waals surface area contributed by atoms with Gasteiger partial charge in [-0.2, -0.15) is 5.26 Å². The van der Waals surface area contributed by atoms with E-state index in [-0.39, 0.29) is 11.7 Å². The Kier molecular flexibility index (Phi) is 6.84. The van der Waals surface area contributed by atoms with E-state index in [4.69, 9.17) is 17.3 Å². The summed E-state index contributed by atoms with van der Waals surface area (Å²) in [5.41, 5.74) is 7.11. The van der Waals surface area contributed by atoms with Crippen LogP contribution in [0.3, 0.4) is 0 Å². The predicted octanol–water partition coefficient (Wildman–Crippen LogP) is 5.31. The molecule has 5 rings (SSSR count). The Morgan fingerprint density at radius 2 is 2.08 bits per heavy atom. The van der Waals surface area contributed by atoms with E-state index in [1.54, 1.807) is 18.3 Å². The number of fused-ring (bicyclic) bond motifs is 1. The summed E-state index contributed by atoms with van der Waals surface area (Å²) in [4.78, 5) is 4.42. The first-order valence-corrected chi connectivity index (χ1v) is 13.0. The number of hydrogen-bond donors (Lipinski definition) is 5. The third-order valence-electron chi connectivity index (χ3n) is 7.01. The highest BCUT2D eigenvalue weighted by Gasteiger charge is 2.37. The quantitative estimate of drug-likeness (QED) is 0.230. The summed E-state index contributed by atoms with van der Waals surface area (Å²) in [5, 5.41) is 32.4. The molecule has 0 aliphatic heterocycles. The van der Waals surface area contributed by atoms with Crippen molar-refractivity contribution in [3.63, 3.8) is 0 Å². The fraction of sp³-hybridized carbons (Fsp3) is 0.357. The van der Waals surface area contributed by atoms with Crippen LogP contribution in [0, 0.1) is 23.1 Å². The first-order valence-electron chi connectivity index (χ1n) is 12.6. The number of nitrogens with two attached hydrogens (primary N) is 1. The van der Waals surface area contributed by atoms with E-state index < -0.39 is 11.5 Å². The number of aliphatic hydroxyl groups is 1. The van der Waals surface area contributed by atoms with Gasteiger partial charge in [0, 0.05) is 41.1 Å². The van der Waals surface area contributed by atoms with Gasteiger partial charge in [0.25, 0.3) is 0 Å². The number of pyridine rings is 1. The summed E-state index contributed by atoms with van der Waals surface area (Å²) in [6.45, 7) is 2.16. The molecule has 3 aromatic rings. The molecule has 3 atom stereocenters. The number of rotatable bonds is 10. The number of nitriles is 1. The Morgan fingerprint density at radius 3 is 2.76 bits per heavy atom. The Labute approximate surface area is 220 Å². The average Bonchev–Trinajstić information content (AvgIpc) is 3.81. The van der Waals surface area contributed by atoms with Gasteiger partial charge in [-0.15, -0.1) is 0 Å². The van der Waals surface area contributed by atoms with Gasteiger partial charge >= 0.3 is 0 Å². The maximum absolute atomic E-state index is 13.7. The van der Waals surface area contributed by atoms with Crippen molar-refractivity contribution in [2.75, 3.05) is 10.6 Å². The highest BCUT2D eigenvalue weighted by Crippen LogP contribution is 2.41. The number of halogens is 2. The zero-order valence-electron chi connectivity index (χ0n) is 20.6. The van der Waals surface area contributed by atoms with Gasteiger partial charge in [0.15, 0.2) is 0 Å². The van der Waals surface area contributed by atoms with E-state index in [1.165, 1.54) is 30.5 Å². The zero-order chi connectivity index (χ0) is 26.2. The van der Waals surface area contributed by atoms with E-state index in [0.717, 1.165) is 32.1 Å². The summed E-state index contributed by atoms with van der Waals surface area (Å²) in [7, 11) is 0. The molecule has 0 radical (unpaired) electrons. The molecule has 6 N–H and O–H groups in total. The molecule has 1 heterocycles. The van der Waals surface area contributed by atoms with Crippen molar-refractivity contribution in [2.45, 2.75) is 56.8 Å². The molecule has 2 unspecified atom stereocenters. The molecule has 0 bridgehead atoms. The van der Waals surface area contributed by atoms with Crippen LogP contribution in [0.5, 0.6) is 0 Å². The van der Waals surface area contributed by atoms with Gasteiger partial charge in [0.05, 0.1) is 27.5 Å². The second-order valence-corrected chi connectivity index (χ2v) is 10.3. The molecule has 0 saturated heterocycles. The lowest BCUT2D eigenvalue weighted by molar-refractivity contribution is 0.105. The molecule has 2 fully saturated rings. The number of aromatic nitrogens is 1. The van der Waals surface area contributed by atoms with Gasteiger partial charge in [0.1, 0.15) is 11.9 Å². The van der Waals surface area contributed by atoms with Gasteiger partial charge in [-0.25, -0.2) is 4.39 Å².